The van der Waals surface area contributed by atoms with Crippen molar-refractivity contribution in [2.24, 2.45) is 0 Å². The summed E-state index contributed by atoms with van der Waals surface area (Å²) in [6.45, 7) is 0.624. The van der Waals surface area contributed by atoms with Crippen LogP contribution in [-0.4, -0.2) is 55.9 Å². The number of likely N-dealkylation sites (tertiary alicyclic amines) is 1. The second-order valence-corrected chi connectivity index (χ2v) is 6.43. The van der Waals surface area contributed by atoms with E-state index in [1.807, 2.05) is 0 Å². The fourth-order valence-electron chi connectivity index (χ4n) is 2.97. The molecular weight excluding hydrogens is 350 g/mol. The number of carboxylic acid groups (broad SMARTS) is 1. The topological polar surface area (TPSA) is 117 Å². The second-order valence-electron chi connectivity index (χ2n) is 6.43. The van der Waals surface area contributed by atoms with Crippen molar-refractivity contribution in [1.82, 2.24) is 19.9 Å². The first kappa shape index (κ1) is 18.6. The molecular formula is C18H21N5O4. The van der Waals surface area contributed by atoms with Gasteiger partial charge in [-0.05, 0) is 31.0 Å². The van der Waals surface area contributed by atoms with Gasteiger partial charge in [-0.2, -0.15) is 0 Å². The Bertz CT molecular complexity index is 848. The molecule has 142 valence electrons. The number of aromatic carboxylic acids is 1. The third kappa shape index (κ3) is 4.90. The number of amides is 2. The molecule has 2 amide bonds. The number of hydrogen-bond acceptors (Lipinski definition) is 5. The van der Waals surface area contributed by atoms with Gasteiger partial charge in [-0.1, -0.05) is 24.1 Å². The highest BCUT2D eigenvalue weighted by Gasteiger charge is 2.18. The number of nitrogens with zero attached hydrogens (tertiary/aromatic N) is 4. The molecule has 0 atom stereocenters. The molecule has 1 saturated heterocycles. The van der Waals surface area contributed by atoms with Gasteiger partial charge < -0.3 is 15.3 Å². The van der Waals surface area contributed by atoms with E-state index in [9.17, 15) is 14.4 Å². The molecule has 0 unspecified atom stereocenters. The third-order valence-corrected chi connectivity index (χ3v) is 4.36. The van der Waals surface area contributed by atoms with Crippen LogP contribution in [0, 0.1) is 0 Å². The normalized spacial score (nSPS) is 15.1. The summed E-state index contributed by atoms with van der Waals surface area (Å²) in [5.41, 5.74) is 0.930. The van der Waals surface area contributed by atoms with Crippen molar-refractivity contribution in [2.75, 3.05) is 18.4 Å². The molecule has 0 radical (unpaired) electrons. The molecule has 9 heteroatoms. The molecule has 3 rings (SSSR count). The van der Waals surface area contributed by atoms with Crippen LogP contribution >= 0.6 is 0 Å². The maximum Gasteiger partial charge on any atom is 0.358 e. The Balaban J connectivity index is 1.65. The zero-order valence-corrected chi connectivity index (χ0v) is 14.8. The summed E-state index contributed by atoms with van der Waals surface area (Å²) < 4.78 is 1.32. The Hall–Kier alpha value is -3.23. The maximum absolute atomic E-state index is 12.3. The molecule has 27 heavy (non-hydrogen) atoms. The number of aromatic nitrogens is 3. The highest BCUT2D eigenvalue weighted by molar-refractivity contribution is 5.94. The van der Waals surface area contributed by atoms with Crippen LogP contribution in [0.1, 0.15) is 42.6 Å². The van der Waals surface area contributed by atoms with Crippen LogP contribution in [-0.2, 0) is 9.59 Å². The lowest BCUT2D eigenvalue weighted by atomic mass is 10.1. The van der Waals surface area contributed by atoms with Gasteiger partial charge in [0, 0.05) is 18.7 Å². The molecule has 1 aromatic carbocycles. The highest BCUT2D eigenvalue weighted by atomic mass is 16.4. The monoisotopic (exact) mass is 371 g/mol. The quantitative estimate of drug-likeness (QED) is 0.826. The standard InChI is InChI=1S/C18H21N5O4/c24-16(12-22-9-4-2-1-3-8-17(22)25)19-13-6-5-7-14(10-13)23-11-15(18(26)27)20-21-23/h5-7,10-11H,1-4,8-9,12H2,(H,19,24)(H,26,27). The molecule has 1 fully saturated rings. The van der Waals surface area contributed by atoms with Crippen LogP contribution in [0.4, 0.5) is 5.69 Å². The van der Waals surface area contributed by atoms with Gasteiger partial charge in [0.1, 0.15) is 0 Å². The number of anilines is 1. The van der Waals surface area contributed by atoms with Crippen molar-refractivity contribution in [3.63, 3.8) is 0 Å². The van der Waals surface area contributed by atoms with E-state index >= 15 is 0 Å². The fourth-order valence-corrected chi connectivity index (χ4v) is 2.97. The average molecular weight is 371 g/mol. The first-order chi connectivity index (χ1) is 13.0. The molecule has 2 heterocycles. The largest absolute Gasteiger partial charge is 0.476 e. The Morgan fingerprint density at radius 2 is 2.00 bits per heavy atom. The van der Waals surface area contributed by atoms with Crippen LogP contribution in [0.15, 0.2) is 30.5 Å². The Morgan fingerprint density at radius 1 is 1.19 bits per heavy atom. The molecule has 0 aliphatic carbocycles. The summed E-state index contributed by atoms with van der Waals surface area (Å²) in [6.07, 6.45) is 5.69. The maximum atomic E-state index is 12.3. The molecule has 2 N–H and O–H groups in total. The predicted molar refractivity (Wildman–Crippen MR) is 96.6 cm³/mol. The van der Waals surface area contributed by atoms with Crippen LogP contribution in [0.25, 0.3) is 5.69 Å². The summed E-state index contributed by atoms with van der Waals surface area (Å²) in [7, 11) is 0. The van der Waals surface area contributed by atoms with Crippen molar-refractivity contribution in [1.29, 1.82) is 0 Å². The van der Waals surface area contributed by atoms with Crippen LogP contribution in [0.3, 0.4) is 0 Å². The van der Waals surface area contributed by atoms with Gasteiger partial charge in [-0.25, -0.2) is 9.48 Å². The van der Waals surface area contributed by atoms with Crippen molar-refractivity contribution < 1.29 is 19.5 Å². The lowest BCUT2D eigenvalue weighted by Gasteiger charge is -2.24. The summed E-state index contributed by atoms with van der Waals surface area (Å²) in [6, 6.07) is 6.81. The Labute approximate surface area is 156 Å². The van der Waals surface area contributed by atoms with Crippen molar-refractivity contribution in [2.45, 2.75) is 32.1 Å². The van der Waals surface area contributed by atoms with Gasteiger partial charge in [-0.15, -0.1) is 5.10 Å². The first-order valence-electron chi connectivity index (χ1n) is 8.86. The fraction of sp³-hybridized carbons (Fsp3) is 0.389. The number of carboxylic acids is 1. The molecule has 1 aromatic heterocycles. The van der Waals surface area contributed by atoms with Gasteiger partial charge in [0.05, 0.1) is 18.4 Å². The van der Waals surface area contributed by atoms with E-state index in [2.05, 4.69) is 15.6 Å². The summed E-state index contributed by atoms with van der Waals surface area (Å²) >= 11 is 0. The zero-order chi connectivity index (χ0) is 19.2. The number of rotatable bonds is 5. The van der Waals surface area contributed by atoms with E-state index in [1.165, 1.54) is 10.9 Å². The SMILES string of the molecule is O=C(CN1CCCCCCC1=O)Nc1cccc(-n2cc(C(=O)O)nn2)c1. The van der Waals surface area contributed by atoms with Crippen molar-refractivity contribution in [3.05, 3.63) is 36.2 Å². The van der Waals surface area contributed by atoms with Gasteiger partial charge in [0.25, 0.3) is 0 Å². The number of carbonyl (C=O) groups excluding carboxylic acids is 2. The van der Waals surface area contributed by atoms with Crippen LogP contribution in [0.2, 0.25) is 0 Å². The van der Waals surface area contributed by atoms with Gasteiger partial charge in [-0.3, -0.25) is 9.59 Å². The van der Waals surface area contributed by atoms with Gasteiger partial charge >= 0.3 is 5.97 Å². The van der Waals surface area contributed by atoms with E-state index in [1.54, 1.807) is 29.2 Å². The molecule has 0 saturated carbocycles. The Kier molecular flexibility index (Phi) is 5.80. The summed E-state index contributed by atoms with van der Waals surface area (Å²) in [5.74, 6) is -1.42. The van der Waals surface area contributed by atoms with E-state index in [0.717, 1.165) is 25.7 Å². The molecule has 2 aromatic rings. The minimum Gasteiger partial charge on any atom is -0.476 e. The summed E-state index contributed by atoms with van der Waals surface area (Å²) in [4.78, 5) is 37.0. The number of nitrogens with one attached hydrogen (secondary N) is 1. The van der Waals surface area contributed by atoms with E-state index < -0.39 is 5.97 Å². The lowest BCUT2D eigenvalue weighted by molar-refractivity contribution is -0.135. The molecule has 0 spiro atoms. The van der Waals surface area contributed by atoms with E-state index in [-0.39, 0.29) is 24.1 Å². The van der Waals surface area contributed by atoms with Gasteiger partial charge in [0.2, 0.25) is 11.8 Å². The number of hydrogen-bond donors (Lipinski definition) is 2. The minimum absolute atomic E-state index is 0.0161. The highest BCUT2D eigenvalue weighted by Crippen LogP contribution is 2.15. The third-order valence-electron chi connectivity index (χ3n) is 4.36. The smallest absolute Gasteiger partial charge is 0.358 e. The molecule has 1 aliphatic rings. The van der Waals surface area contributed by atoms with Gasteiger partial charge in [0.15, 0.2) is 5.69 Å². The number of carbonyl (C=O) groups is 3. The molecule has 9 nitrogen and oxygen atoms in total. The van der Waals surface area contributed by atoms with Crippen molar-refractivity contribution >= 4 is 23.5 Å². The lowest BCUT2D eigenvalue weighted by Crippen LogP contribution is -2.39. The van der Waals surface area contributed by atoms with E-state index in [4.69, 9.17) is 5.11 Å². The molecule has 0 bridgehead atoms. The minimum atomic E-state index is -1.16. The summed E-state index contributed by atoms with van der Waals surface area (Å²) in [5, 5.41) is 19.0. The zero-order valence-electron chi connectivity index (χ0n) is 14.8. The van der Waals surface area contributed by atoms with E-state index in [0.29, 0.717) is 24.3 Å². The Morgan fingerprint density at radius 3 is 2.78 bits per heavy atom. The second kappa shape index (κ2) is 8.43. The first-order valence-corrected chi connectivity index (χ1v) is 8.86. The van der Waals surface area contributed by atoms with Crippen LogP contribution < -0.4 is 5.32 Å². The predicted octanol–water partition coefficient (Wildman–Crippen LogP) is 1.70. The molecule has 1 aliphatic heterocycles. The van der Waals surface area contributed by atoms with Crippen molar-refractivity contribution in [3.8, 4) is 5.69 Å². The number of benzene rings is 1. The van der Waals surface area contributed by atoms with Crippen LogP contribution in [0.5, 0.6) is 0 Å². The average Bonchev–Trinajstić information content (AvgIpc) is 3.12.